The average Bonchev–Trinajstić information content (AvgIpc) is 2.38. The maximum atomic E-state index is 12.0. The Balaban J connectivity index is 1.89. The zero-order valence-corrected chi connectivity index (χ0v) is 12.7. The van der Waals surface area contributed by atoms with Gasteiger partial charge in [0.1, 0.15) is 12.2 Å². The van der Waals surface area contributed by atoms with Gasteiger partial charge in [0.25, 0.3) is 0 Å². The van der Waals surface area contributed by atoms with Crippen molar-refractivity contribution < 1.29 is 19.4 Å². The molecule has 2 N–H and O–H groups in total. The number of anilines is 1. The zero-order valence-electron chi connectivity index (χ0n) is 11.2. The highest BCUT2D eigenvalue weighted by Gasteiger charge is 2.42. The van der Waals surface area contributed by atoms with Crippen LogP contribution in [0.1, 0.15) is 6.92 Å². The van der Waals surface area contributed by atoms with Gasteiger partial charge in [0.15, 0.2) is 0 Å². The van der Waals surface area contributed by atoms with E-state index in [1.807, 2.05) is 0 Å². The molecule has 2 amide bonds. The molecule has 0 radical (unpaired) electrons. The van der Waals surface area contributed by atoms with Crippen molar-refractivity contribution in [1.82, 2.24) is 4.90 Å². The Labute approximate surface area is 131 Å². The number of benzene rings is 1. The molecule has 0 bridgehead atoms. The molecule has 0 atom stereocenters. The predicted molar refractivity (Wildman–Crippen MR) is 79.0 cm³/mol. The molecule has 0 aliphatic carbocycles. The monoisotopic (exact) mass is 332 g/mol. The molecule has 0 saturated carbocycles. The first-order valence-corrected chi connectivity index (χ1v) is 6.92. The summed E-state index contributed by atoms with van der Waals surface area (Å²) in [6.45, 7) is 1.99. The number of carboxylic acids is 1. The third-order valence-corrected chi connectivity index (χ3v) is 3.89. The Kier molecular flexibility index (Phi) is 4.61. The number of carbonyl (C=O) groups excluding carboxylic acids is 1. The van der Waals surface area contributed by atoms with Crippen LogP contribution >= 0.6 is 23.2 Å². The lowest BCUT2D eigenvalue weighted by Gasteiger charge is -2.46. The van der Waals surface area contributed by atoms with Gasteiger partial charge in [0, 0.05) is 0 Å². The van der Waals surface area contributed by atoms with E-state index in [9.17, 15) is 9.59 Å². The van der Waals surface area contributed by atoms with Gasteiger partial charge in [-0.3, -0.25) is 0 Å². The van der Waals surface area contributed by atoms with E-state index in [0.717, 1.165) is 0 Å². The number of halogens is 2. The first kappa shape index (κ1) is 15.9. The summed E-state index contributed by atoms with van der Waals surface area (Å²) in [6.07, 6.45) is 0. The van der Waals surface area contributed by atoms with Crippen LogP contribution in [0.4, 0.5) is 10.5 Å². The molecule has 1 saturated heterocycles. The second-order valence-electron chi connectivity index (χ2n) is 5.02. The van der Waals surface area contributed by atoms with Gasteiger partial charge in [-0.1, -0.05) is 29.3 Å². The van der Waals surface area contributed by atoms with Crippen LogP contribution in [0, 0.1) is 0 Å². The Morgan fingerprint density at radius 2 is 2.10 bits per heavy atom. The third-order valence-electron chi connectivity index (χ3n) is 3.08. The highest BCUT2D eigenvalue weighted by atomic mass is 35.5. The van der Waals surface area contributed by atoms with Gasteiger partial charge in [-0.15, -0.1) is 0 Å². The van der Waals surface area contributed by atoms with Gasteiger partial charge in [0.05, 0.1) is 28.8 Å². The molecular formula is C13H14Cl2N2O4. The normalized spacial score (nSPS) is 16.2. The topological polar surface area (TPSA) is 78.9 Å². The van der Waals surface area contributed by atoms with Crippen molar-refractivity contribution in [2.24, 2.45) is 0 Å². The van der Waals surface area contributed by atoms with Gasteiger partial charge in [-0.2, -0.15) is 0 Å². The van der Waals surface area contributed by atoms with Crippen LogP contribution in [0.5, 0.6) is 0 Å². The van der Waals surface area contributed by atoms with Crippen LogP contribution < -0.4 is 5.32 Å². The van der Waals surface area contributed by atoms with Crippen molar-refractivity contribution in [3.8, 4) is 0 Å². The fraction of sp³-hybridized carbons (Fsp3) is 0.385. The lowest BCUT2D eigenvalue weighted by molar-refractivity contribution is -0.159. The Morgan fingerprint density at radius 3 is 2.71 bits per heavy atom. The fourth-order valence-electron chi connectivity index (χ4n) is 2.03. The van der Waals surface area contributed by atoms with E-state index in [2.05, 4.69) is 5.32 Å². The highest BCUT2D eigenvalue weighted by molar-refractivity contribution is 6.43. The number of rotatable bonds is 4. The summed E-state index contributed by atoms with van der Waals surface area (Å²) in [4.78, 5) is 24.0. The van der Waals surface area contributed by atoms with E-state index < -0.39 is 11.6 Å². The number of carboxylic acid groups (broad SMARTS) is 1. The molecule has 21 heavy (non-hydrogen) atoms. The van der Waals surface area contributed by atoms with Crippen LogP contribution in [0.25, 0.3) is 0 Å². The van der Waals surface area contributed by atoms with Crippen LogP contribution in [0.2, 0.25) is 10.0 Å². The molecule has 8 heteroatoms. The quantitative estimate of drug-likeness (QED) is 0.888. The molecule has 2 rings (SSSR count). The molecule has 0 spiro atoms. The van der Waals surface area contributed by atoms with Crippen LogP contribution in [0.15, 0.2) is 18.2 Å². The summed E-state index contributed by atoms with van der Waals surface area (Å²) in [6, 6.07) is 4.61. The van der Waals surface area contributed by atoms with E-state index in [0.29, 0.717) is 23.8 Å². The SMILES string of the molecule is CC1(OCC(=O)O)CN(C(=O)Nc2cccc(Cl)c2Cl)C1. The number of hydrogen-bond donors (Lipinski definition) is 2. The predicted octanol–water partition coefficient (Wildman–Crippen LogP) is 2.70. The summed E-state index contributed by atoms with van der Waals surface area (Å²) in [5.74, 6) is -1.04. The molecule has 114 valence electrons. The molecule has 1 fully saturated rings. The fourth-order valence-corrected chi connectivity index (χ4v) is 2.37. The molecule has 0 unspecified atom stereocenters. The maximum Gasteiger partial charge on any atom is 0.329 e. The van der Waals surface area contributed by atoms with Crippen LogP contribution in [-0.2, 0) is 9.53 Å². The smallest absolute Gasteiger partial charge is 0.329 e. The van der Waals surface area contributed by atoms with Crippen molar-refractivity contribution in [1.29, 1.82) is 0 Å². The number of urea groups is 1. The van der Waals surface area contributed by atoms with Gasteiger partial charge in [-0.05, 0) is 19.1 Å². The molecule has 1 heterocycles. The molecule has 1 aliphatic heterocycles. The molecule has 6 nitrogen and oxygen atoms in total. The Morgan fingerprint density at radius 1 is 1.43 bits per heavy atom. The third kappa shape index (κ3) is 3.78. The number of aliphatic carboxylic acids is 1. The average molecular weight is 333 g/mol. The number of nitrogens with zero attached hydrogens (tertiary/aromatic N) is 1. The minimum atomic E-state index is -1.04. The minimum Gasteiger partial charge on any atom is -0.480 e. The lowest BCUT2D eigenvalue weighted by Crippen LogP contribution is -2.64. The Bertz CT molecular complexity index is 573. The molecule has 1 aromatic rings. The van der Waals surface area contributed by atoms with E-state index in [-0.39, 0.29) is 17.7 Å². The zero-order chi connectivity index (χ0) is 15.6. The summed E-state index contributed by atoms with van der Waals surface area (Å²) in [5.41, 5.74) is -0.206. The maximum absolute atomic E-state index is 12.0. The van der Waals surface area contributed by atoms with Crippen molar-refractivity contribution >= 4 is 40.9 Å². The molecule has 0 aromatic heterocycles. The first-order chi connectivity index (χ1) is 9.81. The highest BCUT2D eigenvalue weighted by Crippen LogP contribution is 2.31. The molecular weight excluding hydrogens is 319 g/mol. The number of hydrogen-bond acceptors (Lipinski definition) is 3. The van der Waals surface area contributed by atoms with Crippen molar-refractivity contribution in [2.45, 2.75) is 12.5 Å². The van der Waals surface area contributed by atoms with Crippen LogP contribution in [0.3, 0.4) is 0 Å². The van der Waals surface area contributed by atoms with E-state index in [1.54, 1.807) is 25.1 Å². The van der Waals surface area contributed by atoms with Crippen molar-refractivity contribution in [3.05, 3.63) is 28.2 Å². The summed E-state index contributed by atoms with van der Waals surface area (Å²) < 4.78 is 5.23. The van der Waals surface area contributed by atoms with E-state index >= 15 is 0 Å². The summed E-state index contributed by atoms with van der Waals surface area (Å²) in [7, 11) is 0. The number of carbonyl (C=O) groups is 2. The minimum absolute atomic E-state index is 0.276. The van der Waals surface area contributed by atoms with Crippen LogP contribution in [-0.4, -0.2) is 47.3 Å². The van der Waals surface area contributed by atoms with E-state index in [4.69, 9.17) is 33.0 Å². The second-order valence-corrected chi connectivity index (χ2v) is 5.81. The van der Waals surface area contributed by atoms with Gasteiger partial charge in [0.2, 0.25) is 0 Å². The second kappa shape index (κ2) is 6.09. The van der Waals surface area contributed by atoms with Gasteiger partial charge in [-0.25, -0.2) is 9.59 Å². The number of likely N-dealkylation sites (tertiary alicyclic amines) is 1. The van der Waals surface area contributed by atoms with Gasteiger partial charge < -0.3 is 20.1 Å². The van der Waals surface area contributed by atoms with Gasteiger partial charge >= 0.3 is 12.0 Å². The van der Waals surface area contributed by atoms with E-state index in [1.165, 1.54) is 4.90 Å². The molecule has 1 aromatic carbocycles. The standard InChI is InChI=1S/C13H14Cl2N2O4/c1-13(21-5-10(18)19)6-17(7-13)12(20)16-9-4-2-3-8(14)11(9)15/h2-4H,5-7H2,1H3,(H,16,20)(H,18,19). The van der Waals surface area contributed by atoms with Crippen molar-refractivity contribution in [2.75, 3.05) is 25.0 Å². The number of nitrogens with one attached hydrogen (secondary N) is 1. The number of amides is 2. The number of ether oxygens (including phenoxy) is 1. The summed E-state index contributed by atoms with van der Waals surface area (Å²) >= 11 is 11.9. The lowest BCUT2D eigenvalue weighted by atomic mass is 9.97. The molecule has 1 aliphatic rings. The van der Waals surface area contributed by atoms with Crippen molar-refractivity contribution in [3.63, 3.8) is 0 Å². The Hall–Kier alpha value is -1.50. The summed E-state index contributed by atoms with van der Waals surface area (Å²) in [5, 5.41) is 11.9. The first-order valence-electron chi connectivity index (χ1n) is 6.16. The largest absolute Gasteiger partial charge is 0.480 e.